The molecule has 4 nitrogen and oxygen atoms in total. The zero-order valence-electron chi connectivity index (χ0n) is 12.0. The fourth-order valence-electron chi connectivity index (χ4n) is 3.78. The first-order chi connectivity index (χ1) is 9.24. The third kappa shape index (κ3) is 2.84. The Labute approximate surface area is 115 Å². The maximum Gasteiger partial charge on any atom is 0.124 e. The van der Waals surface area contributed by atoms with Crippen LogP contribution < -0.4 is 5.32 Å². The van der Waals surface area contributed by atoms with Crippen molar-refractivity contribution >= 4 is 0 Å². The Morgan fingerprint density at radius 1 is 1.37 bits per heavy atom. The fraction of sp³-hybridized carbons (Fsp3) is 0.800. The van der Waals surface area contributed by atoms with Crippen LogP contribution in [-0.4, -0.2) is 35.2 Å². The molecule has 1 N–H and O–H groups in total. The van der Waals surface area contributed by atoms with E-state index in [4.69, 9.17) is 4.52 Å². The number of nitrogens with one attached hydrogen (secondary N) is 1. The predicted octanol–water partition coefficient (Wildman–Crippen LogP) is 2.27. The van der Waals surface area contributed by atoms with Gasteiger partial charge in [-0.25, -0.2) is 0 Å². The lowest BCUT2D eigenvalue weighted by Crippen LogP contribution is -2.58. The van der Waals surface area contributed by atoms with Crippen LogP contribution in [0.25, 0.3) is 0 Å². The van der Waals surface area contributed by atoms with Crippen LogP contribution in [0.3, 0.4) is 0 Å². The van der Waals surface area contributed by atoms with Crippen molar-refractivity contribution in [2.45, 2.75) is 51.7 Å². The van der Waals surface area contributed by atoms with Crippen LogP contribution in [0.4, 0.5) is 0 Å². The van der Waals surface area contributed by atoms with Crippen molar-refractivity contribution in [2.75, 3.05) is 13.1 Å². The molecule has 1 saturated heterocycles. The van der Waals surface area contributed by atoms with E-state index in [0.29, 0.717) is 12.1 Å². The van der Waals surface area contributed by atoms with Crippen LogP contribution in [-0.2, 0) is 6.54 Å². The first kappa shape index (κ1) is 13.1. The Morgan fingerprint density at radius 2 is 2.11 bits per heavy atom. The van der Waals surface area contributed by atoms with E-state index in [0.717, 1.165) is 24.1 Å². The molecule has 1 aromatic rings. The topological polar surface area (TPSA) is 41.3 Å². The number of aromatic nitrogens is 1. The second-order valence-electron chi connectivity index (χ2n) is 6.40. The molecular formula is C15H25N3O. The number of hydrogen-bond donors (Lipinski definition) is 1. The lowest BCUT2D eigenvalue weighted by molar-refractivity contribution is 0.0288. The van der Waals surface area contributed by atoms with Gasteiger partial charge >= 0.3 is 0 Å². The Kier molecular flexibility index (Phi) is 3.89. The molecule has 0 aromatic carbocycles. The lowest BCUT2D eigenvalue weighted by Gasteiger charge is -2.49. The van der Waals surface area contributed by atoms with Gasteiger partial charge < -0.3 is 14.7 Å². The van der Waals surface area contributed by atoms with Crippen LogP contribution in [0, 0.1) is 11.8 Å². The zero-order chi connectivity index (χ0) is 13.2. The quantitative estimate of drug-likeness (QED) is 0.905. The van der Waals surface area contributed by atoms with Gasteiger partial charge in [0.2, 0.25) is 0 Å². The molecule has 2 unspecified atom stereocenters. The minimum Gasteiger partial charge on any atom is -0.364 e. The normalized spacial score (nSPS) is 31.8. The molecule has 1 aliphatic heterocycles. The summed E-state index contributed by atoms with van der Waals surface area (Å²) in [5.74, 6) is 1.61. The highest BCUT2D eigenvalue weighted by atomic mass is 16.5. The lowest BCUT2D eigenvalue weighted by atomic mass is 9.73. The molecule has 2 fully saturated rings. The highest BCUT2D eigenvalue weighted by Gasteiger charge is 2.39. The molecule has 2 heterocycles. The molecule has 3 rings (SSSR count). The third-order valence-corrected chi connectivity index (χ3v) is 4.84. The van der Waals surface area contributed by atoms with Crippen LogP contribution in [0.1, 0.15) is 38.8 Å². The first-order valence-corrected chi connectivity index (χ1v) is 7.60. The van der Waals surface area contributed by atoms with Crippen LogP contribution in [0.15, 0.2) is 16.9 Å². The number of nitrogens with zero attached hydrogens (tertiary/aromatic N) is 2. The number of rotatable bonds is 4. The summed E-state index contributed by atoms with van der Waals surface area (Å²) in [6.45, 7) is 7.99. The molecule has 19 heavy (non-hydrogen) atoms. The third-order valence-electron chi connectivity index (χ3n) is 4.84. The SMILES string of the molecule is CC(C)N1CC2CCCC(C1)C2NCc1ccon1. The predicted molar refractivity (Wildman–Crippen MR) is 74.7 cm³/mol. The summed E-state index contributed by atoms with van der Waals surface area (Å²) in [6.07, 6.45) is 5.80. The Balaban J connectivity index is 1.62. The fourth-order valence-corrected chi connectivity index (χ4v) is 3.78. The molecule has 2 bridgehead atoms. The van der Waals surface area contributed by atoms with E-state index in [1.54, 1.807) is 6.26 Å². The van der Waals surface area contributed by atoms with Crippen molar-refractivity contribution in [1.29, 1.82) is 0 Å². The summed E-state index contributed by atoms with van der Waals surface area (Å²) in [5.41, 5.74) is 1.02. The van der Waals surface area contributed by atoms with Gasteiger partial charge in [-0.1, -0.05) is 11.6 Å². The van der Waals surface area contributed by atoms with Gasteiger partial charge in [0.15, 0.2) is 0 Å². The van der Waals surface area contributed by atoms with E-state index < -0.39 is 0 Å². The molecule has 1 saturated carbocycles. The number of likely N-dealkylation sites (tertiary alicyclic amines) is 1. The van der Waals surface area contributed by atoms with Gasteiger partial charge in [-0.3, -0.25) is 0 Å². The van der Waals surface area contributed by atoms with E-state index in [9.17, 15) is 0 Å². The van der Waals surface area contributed by atoms with E-state index >= 15 is 0 Å². The molecule has 106 valence electrons. The maximum atomic E-state index is 4.90. The average Bonchev–Trinajstić information content (AvgIpc) is 2.88. The van der Waals surface area contributed by atoms with Crippen LogP contribution in [0.2, 0.25) is 0 Å². The summed E-state index contributed by atoms with van der Waals surface area (Å²) in [5, 5.41) is 7.73. The van der Waals surface area contributed by atoms with Crippen molar-refractivity contribution in [3.05, 3.63) is 18.0 Å². The van der Waals surface area contributed by atoms with Gasteiger partial charge in [0, 0.05) is 37.8 Å². The highest BCUT2D eigenvalue weighted by molar-refractivity contribution is 4.99. The number of piperidine rings is 1. The van der Waals surface area contributed by atoms with Gasteiger partial charge in [-0.05, 0) is 38.5 Å². The first-order valence-electron chi connectivity index (χ1n) is 7.60. The van der Waals surface area contributed by atoms with Gasteiger partial charge in [-0.15, -0.1) is 0 Å². The maximum absolute atomic E-state index is 4.90. The van der Waals surface area contributed by atoms with Crippen molar-refractivity contribution in [2.24, 2.45) is 11.8 Å². The second kappa shape index (κ2) is 5.63. The van der Waals surface area contributed by atoms with Crippen molar-refractivity contribution < 1.29 is 4.52 Å². The smallest absolute Gasteiger partial charge is 0.124 e. The molecule has 0 radical (unpaired) electrons. The molecule has 0 amide bonds. The summed E-state index contributed by atoms with van der Waals surface area (Å²) < 4.78 is 4.90. The second-order valence-corrected chi connectivity index (χ2v) is 6.40. The molecule has 1 aromatic heterocycles. The minimum atomic E-state index is 0.667. The molecular weight excluding hydrogens is 238 g/mol. The van der Waals surface area contributed by atoms with E-state index in [1.165, 1.54) is 32.4 Å². The van der Waals surface area contributed by atoms with Gasteiger partial charge in [0.1, 0.15) is 6.26 Å². The molecule has 0 spiro atoms. The molecule has 4 heteroatoms. The van der Waals surface area contributed by atoms with Crippen LogP contribution >= 0.6 is 0 Å². The van der Waals surface area contributed by atoms with Crippen molar-refractivity contribution in [1.82, 2.24) is 15.4 Å². The van der Waals surface area contributed by atoms with Gasteiger partial charge in [0.25, 0.3) is 0 Å². The summed E-state index contributed by atoms with van der Waals surface area (Å²) in [7, 11) is 0. The highest BCUT2D eigenvalue weighted by Crippen LogP contribution is 2.35. The Hall–Kier alpha value is -0.870. The van der Waals surface area contributed by atoms with E-state index in [-0.39, 0.29) is 0 Å². The minimum absolute atomic E-state index is 0.667. The summed E-state index contributed by atoms with van der Waals surface area (Å²) in [6, 6.07) is 3.30. The molecule has 2 atom stereocenters. The van der Waals surface area contributed by atoms with Gasteiger partial charge in [0.05, 0.1) is 5.69 Å². The average molecular weight is 263 g/mol. The summed E-state index contributed by atoms with van der Waals surface area (Å²) >= 11 is 0. The summed E-state index contributed by atoms with van der Waals surface area (Å²) in [4.78, 5) is 2.66. The van der Waals surface area contributed by atoms with Crippen molar-refractivity contribution in [3.63, 3.8) is 0 Å². The molecule has 2 aliphatic rings. The number of hydrogen-bond acceptors (Lipinski definition) is 4. The van der Waals surface area contributed by atoms with E-state index in [1.807, 2.05) is 6.07 Å². The molecule has 1 aliphatic carbocycles. The zero-order valence-corrected chi connectivity index (χ0v) is 12.0. The van der Waals surface area contributed by atoms with Crippen molar-refractivity contribution in [3.8, 4) is 0 Å². The monoisotopic (exact) mass is 263 g/mol. The number of fused-ring (bicyclic) bond motifs is 2. The van der Waals surface area contributed by atoms with Crippen LogP contribution in [0.5, 0.6) is 0 Å². The van der Waals surface area contributed by atoms with E-state index in [2.05, 4.69) is 29.2 Å². The van der Waals surface area contributed by atoms with Gasteiger partial charge in [-0.2, -0.15) is 0 Å². The Morgan fingerprint density at radius 3 is 2.68 bits per heavy atom. The Bertz CT molecular complexity index is 376. The standard InChI is InChI=1S/C15H25N3O/c1-11(2)18-9-12-4-3-5-13(10-18)15(12)16-8-14-6-7-19-17-14/h6-7,11-13,15-16H,3-5,8-10H2,1-2H3. The largest absolute Gasteiger partial charge is 0.364 e.